The van der Waals surface area contributed by atoms with Gasteiger partial charge in [-0.15, -0.1) is 10.2 Å². The van der Waals surface area contributed by atoms with Crippen molar-refractivity contribution in [3.63, 3.8) is 0 Å². The molecule has 0 radical (unpaired) electrons. The molecule has 98 valence electrons. The second kappa shape index (κ2) is 6.11. The van der Waals surface area contributed by atoms with Gasteiger partial charge < -0.3 is 9.88 Å². The summed E-state index contributed by atoms with van der Waals surface area (Å²) in [5.74, 6) is 1.23. The monoisotopic (exact) mass is 260 g/mol. The highest BCUT2D eigenvalue weighted by Gasteiger charge is 2.13. The van der Waals surface area contributed by atoms with E-state index >= 15 is 0 Å². The van der Waals surface area contributed by atoms with Gasteiger partial charge in [-0.2, -0.15) is 0 Å². The molecule has 0 aliphatic carbocycles. The maximum absolute atomic E-state index is 11.5. The van der Waals surface area contributed by atoms with Crippen molar-refractivity contribution in [2.45, 2.75) is 26.3 Å². The average Bonchev–Trinajstić information content (AvgIpc) is 2.63. The Morgan fingerprint density at radius 3 is 2.71 bits per heavy atom. The normalized spacial score (nSPS) is 13.8. The van der Waals surface area contributed by atoms with Crippen molar-refractivity contribution in [2.24, 2.45) is 7.05 Å². The van der Waals surface area contributed by atoms with Crippen LogP contribution in [0.3, 0.4) is 0 Å². The predicted molar refractivity (Wildman–Crippen MR) is 66.4 cm³/mol. The zero-order valence-corrected chi connectivity index (χ0v) is 11.4. The third-order valence-electron chi connectivity index (χ3n) is 2.51. The fourth-order valence-corrected chi connectivity index (χ4v) is 2.87. The SMILES string of the molecule is CCCS(=O)(=O)CCNC(C)c1nncn1C. The Labute approximate surface area is 102 Å². The highest BCUT2D eigenvalue weighted by atomic mass is 32.2. The molecule has 1 heterocycles. The van der Waals surface area contributed by atoms with Gasteiger partial charge in [0.25, 0.3) is 0 Å². The van der Waals surface area contributed by atoms with Crippen LogP contribution in [0.1, 0.15) is 32.1 Å². The molecular weight excluding hydrogens is 240 g/mol. The second-order valence-electron chi connectivity index (χ2n) is 4.13. The molecule has 1 aromatic rings. The van der Waals surface area contributed by atoms with E-state index in [1.807, 2.05) is 25.5 Å². The summed E-state index contributed by atoms with van der Waals surface area (Å²) >= 11 is 0. The van der Waals surface area contributed by atoms with Crippen LogP contribution in [-0.4, -0.2) is 41.2 Å². The van der Waals surface area contributed by atoms with E-state index in [4.69, 9.17) is 0 Å². The Balaban J connectivity index is 2.40. The summed E-state index contributed by atoms with van der Waals surface area (Å²) in [7, 11) is -1.05. The predicted octanol–water partition coefficient (Wildman–Crippen LogP) is 0.291. The maximum atomic E-state index is 11.5. The lowest BCUT2D eigenvalue weighted by Crippen LogP contribution is -2.28. The molecule has 0 aliphatic rings. The summed E-state index contributed by atoms with van der Waals surface area (Å²) in [5.41, 5.74) is 0. The van der Waals surface area contributed by atoms with Gasteiger partial charge in [-0.3, -0.25) is 0 Å². The van der Waals surface area contributed by atoms with Gasteiger partial charge in [0.05, 0.1) is 11.8 Å². The summed E-state index contributed by atoms with van der Waals surface area (Å²) in [6.45, 7) is 4.25. The van der Waals surface area contributed by atoms with Crippen molar-refractivity contribution in [2.75, 3.05) is 18.1 Å². The Morgan fingerprint density at radius 2 is 2.18 bits per heavy atom. The number of rotatable bonds is 7. The number of hydrogen-bond donors (Lipinski definition) is 1. The van der Waals surface area contributed by atoms with Crippen LogP contribution < -0.4 is 5.32 Å². The van der Waals surface area contributed by atoms with Gasteiger partial charge in [-0.25, -0.2) is 8.42 Å². The molecule has 0 fully saturated rings. The quantitative estimate of drug-likeness (QED) is 0.762. The van der Waals surface area contributed by atoms with E-state index in [-0.39, 0.29) is 17.5 Å². The first kappa shape index (κ1) is 14.1. The van der Waals surface area contributed by atoms with E-state index in [0.29, 0.717) is 13.0 Å². The summed E-state index contributed by atoms with van der Waals surface area (Å²) in [5, 5.41) is 10.9. The second-order valence-corrected chi connectivity index (χ2v) is 6.43. The lowest BCUT2D eigenvalue weighted by atomic mass is 10.3. The summed E-state index contributed by atoms with van der Waals surface area (Å²) in [4.78, 5) is 0. The lowest BCUT2D eigenvalue weighted by molar-refractivity contribution is 0.539. The molecule has 17 heavy (non-hydrogen) atoms. The molecule has 0 spiro atoms. The minimum atomic E-state index is -2.91. The maximum Gasteiger partial charge on any atom is 0.151 e. The number of nitrogens with one attached hydrogen (secondary N) is 1. The van der Waals surface area contributed by atoms with Crippen LogP contribution in [-0.2, 0) is 16.9 Å². The molecule has 1 unspecified atom stereocenters. The van der Waals surface area contributed by atoms with Crippen molar-refractivity contribution in [1.82, 2.24) is 20.1 Å². The number of aromatic nitrogens is 3. The molecule has 0 bridgehead atoms. The first-order valence-corrected chi connectivity index (χ1v) is 7.56. The van der Waals surface area contributed by atoms with Gasteiger partial charge in [0.1, 0.15) is 12.2 Å². The third-order valence-corrected chi connectivity index (χ3v) is 4.37. The smallest absolute Gasteiger partial charge is 0.151 e. The van der Waals surface area contributed by atoms with Crippen molar-refractivity contribution in [3.05, 3.63) is 12.2 Å². The largest absolute Gasteiger partial charge is 0.319 e. The van der Waals surface area contributed by atoms with E-state index < -0.39 is 9.84 Å². The highest BCUT2D eigenvalue weighted by molar-refractivity contribution is 7.91. The van der Waals surface area contributed by atoms with Crippen LogP contribution in [0.15, 0.2) is 6.33 Å². The Hall–Kier alpha value is -0.950. The first-order valence-electron chi connectivity index (χ1n) is 5.74. The van der Waals surface area contributed by atoms with Gasteiger partial charge in [0.2, 0.25) is 0 Å². The number of hydrogen-bond acceptors (Lipinski definition) is 5. The molecule has 0 aromatic carbocycles. The lowest BCUT2D eigenvalue weighted by Gasteiger charge is -2.12. The molecule has 0 saturated heterocycles. The van der Waals surface area contributed by atoms with Crippen molar-refractivity contribution < 1.29 is 8.42 Å². The molecule has 0 aliphatic heterocycles. The van der Waals surface area contributed by atoms with Crippen LogP contribution in [0.5, 0.6) is 0 Å². The Bertz CT molecular complexity index is 441. The summed E-state index contributed by atoms with van der Waals surface area (Å²) in [6.07, 6.45) is 2.29. The van der Waals surface area contributed by atoms with Gasteiger partial charge in [-0.1, -0.05) is 6.92 Å². The van der Waals surface area contributed by atoms with Gasteiger partial charge >= 0.3 is 0 Å². The number of aryl methyl sites for hydroxylation is 1. The van der Waals surface area contributed by atoms with E-state index in [2.05, 4.69) is 15.5 Å². The topological polar surface area (TPSA) is 76.9 Å². The molecular formula is C10H20N4O2S. The molecule has 0 saturated carbocycles. The van der Waals surface area contributed by atoms with Crippen molar-refractivity contribution >= 4 is 9.84 Å². The van der Waals surface area contributed by atoms with Crippen LogP contribution in [0, 0.1) is 0 Å². The zero-order valence-electron chi connectivity index (χ0n) is 10.5. The standard InChI is InChI=1S/C10H20N4O2S/c1-4-6-17(15,16)7-5-11-9(2)10-13-12-8-14(10)3/h8-9,11H,4-7H2,1-3H3. The minimum absolute atomic E-state index is 0.000624. The van der Waals surface area contributed by atoms with Gasteiger partial charge in [0, 0.05) is 19.3 Å². The highest BCUT2D eigenvalue weighted by Crippen LogP contribution is 2.06. The zero-order chi connectivity index (χ0) is 12.9. The molecule has 7 heteroatoms. The third kappa shape index (κ3) is 4.43. The Morgan fingerprint density at radius 1 is 1.47 bits per heavy atom. The molecule has 0 amide bonds. The Kier molecular flexibility index (Phi) is 5.07. The van der Waals surface area contributed by atoms with Gasteiger partial charge in [0.15, 0.2) is 9.84 Å². The fraction of sp³-hybridized carbons (Fsp3) is 0.800. The number of nitrogens with zero attached hydrogens (tertiary/aromatic N) is 3. The molecule has 1 rings (SSSR count). The van der Waals surface area contributed by atoms with E-state index in [9.17, 15) is 8.42 Å². The van der Waals surface area contributed by atoms with Crippen LogP contribution >= 0.6 is 0 Å². The molecule has 6 nitrogen and oxygen atoms in total. The van der Waals surface area contributed by atoms with E-state index in [0.717, 1.165) is 5.82 Å². The fourth-order valence-electron chi connectivity index (χ4n) is 1.62. The van der Waals surface area contributed by atoms with Crippen LogP contribution in [0.4, 0.5) is 0 Å². The van der Waals surface area contributed by atoms with Crippen molar-refractivity contribution in [1.29, 1.82) is 0 Å². The van der Waals surface area contributed by atoms with E-state index in [1.54, 1.807) is 6.33 Å². The summed E-state index contributed by atoms with van der Waals surface area (Å²) < 4.78 is 24.8. The molecule has 1 atom stereocenters. The minimum Gasteiger partial charge on any atom is -0.319 e. The first-order chi connectivity index (χ1) is 7.96. The van der Waals surface area contributed by atoms with Crippen LogP contribution in [0.2, 0.25) is 0 Å². The number of sulfone groups is 1. The van der Waals surface area contributed by atoms with E-state index in [1.165, 1.54) is 0 Å². The van der Waals surface area contributed by atoms with Crippen molar-refractivity contribution in [3.8, 4) is 0 Å². The van der Waals surface area contributed by atoms with Gasteiger partial charge in [-0.05, 0) is 13.3 Å². The van der Waals surface area contributed by atoms with Crippen LogP contribution in [0.25, 0.3) is 0 Å². The molecule has 1 N–H and O–H groups in total. The summed E-state index contributed by atoms with van der Waals surface area (Å²) in [6, 6.07) is -0.000624. The average molecular weight is 260 g/mol. The molecule has 1 aromatic heterocycles.